The minimum atomic E-state index is -0.475. The molecule has 1 aliphatic heterocycles. The smallest absolute Gasteiger partial charge is 0.248 e. The van der Waals surface area contributed by atoms with Crippen LogP contribution in [0.5, 0.6) is 0 Å². The number of rotatable bonds is 2. The van der Waals surface area contributed by atoms with Crippen molar-refractivity contribution in [2.45, 2.75) is 13.0 Å². The summed E-state index contributed by atoms with van der Waals surface area (Å²) in [5.41, 5.74) is 15.9. The summed E-state index contributed by atoms with van der Waals surface area (Å²) < 4.78 is 0. The predicted molar refractivity (Wildman–Crippen MR) is 85.6 cm³/mol. The van der Waals surface area contributed by atoms with E-state index in [0.29, 0.717) is 10.6 Å². The molecule has 0 spiro atoms. The molecule has 1 heterocycles. The lowest BCUT2D eigenvalue weighted by Gasteiger charge is -2.32. The molecule has 0 bridgehead atoms. The highest BCUT2D eigenvalue weighted by Gasteiger charge is 2.20. The van der Waals surface area contributed by atoms with Gasteiger partial charge in [-0.25, -0.2) is 0 Å². The Morgan fingerprint density at radius 3 is 2.76 bits per heavy atom. The third-order valence-corrected chi connectivity index (χ3v) is 4.18. The summed E-state index contributed by atoms with van der Waals surface area (Å²) in [6, 6.07) is 11.2. The largest absolute Gasteiger partial charge is 0.398 e. The minimum absolute atomic E-state index is 0.417. The molecule has 0 aromatic heterocycles. The van der Waals surface area contributed by atoms with Crippen LogP contribution >= 0.6 is 11.6 Å². The molecule has 4 nitrogen and oxygen atoms in total. The topological polar surface area (TPSA) is 72.4 Å². The van der Waals surface area contributed by atoms with E-state index in [0.717, 1.165) is 36.4 Å². The number of nitrogen functional groups attached to an aromatic ring is 1. The summed E-state index contributed by atoms with van der Waals surface area (Å²) in [7, 11) is 0. The molecular formula is C16H16ClN3O. The van der Waals surface area contributed by atoms with E-state index in [1.54, 1.807) is 12.1 Å². The molecule has 5 heteroatoms. The van der Waals surface area contributed by atoms with Crippen LogP contribution in [0.2, 0.25) is 5.02 Å². The van der Waals surface area contributed by atoms with Crippen LogP contribution in [0.3, 0.4) is 0 Å². The van der Waals surface area contributed by atoms with Crippen LogP contribution in [0.25, 0.3) is 0 Å². The molecule has 0 saturated heterocycles. The van der Waals surface area contributed by atoms with Gasteiger partial charge in [0, 0.05) is 24.3 Å². The number of halogens is 1. The Balaban J connectivity index is 1.93. The average molecular weight is 302 g/mol. The highest BCUT2D eigenvalue weighted by molar-refractivity contribution is 6.33. The van der Waals surface area contributed by atoms with E-state index in [4.69, 9.17) is 23.1 Å². The van der Waals surface area contributed by atoms with Crippen molar-refractivity contribution < 1.29 is 4.79 Å². The quantitative estimate of drug-likeness (QED) is 0.837. The van der Waals surface area contributed by atoms with Gasteiger partial charge in [0.05, 0.1) is 10.7 Å². The number of carbonyl (C=O) groups is 1. The molecule has 0 aliphatic carbocycles. The number of carbonyl (C=O) groups excluding carboxylic acids is 1. The summed E-state index contributed by atoms with van der Waals surface area (Å²) in [6.45, 7) is 1.59. The Hall–Kier alpha value is -2.20. The number of nitrogens with zero attached hydrogens (tertiary/aromatic N) is 1. The van der Waals surface area contributed by atoms with Crippen LogP contribution < -0.4 is 16.4 Å². The molecule has 1 amide bonds. The van der Waals surface area contributed by atoms with Crippen molar-refractivity contribution in [1.82, 2.24) is 0 Å². The van der Waals surface area contributed by atoms with E-state index in [1.165, 1.54) is 5.56 Å². The number of nitrogens with two attached hydrogens (primary N) is 2. The van der Waals surface area contributed by atoms with E-state index in [1.807, 2.05) is 18.2 Å². The monoisotopic (exact) mass is 301 g/mol. The third kappa shape index (κ3) is 2.54. The Labute approximate surface area is 128 Å². The fourth-order valence-corrected chi connectivity index (χ4v) is 3.03. The summed E-state index contributed by atoms with van der Waals surface area (Å²) in [5, 5.41) is 0.532. The summed E-state index contributed by atoms with van der Waals surface area (Å²) in [4.78, 5) is 13.4. The Bertz CT molecular complexity index is 715. The van der Waals surface area contributed by atoms with Crippen LogP contribution in [0.4, 0.5) is 11.4 Å². The minimum Gasteiger partial charge on any atom is -0.398 e. The number of amides is 1. The van der Waals surface area contributed by atoms with E-state index in [9.17, 15) is 4.79 Å². The maximum atomic E-state index is 11.2. The lowest BCUT2D eigenvalue weighted by Crippen LogP contribution is -2.31. The number of hydrogen-bond donors (Lipinski definition) is 2. The first-order chi connectivity index (χ1) is 10.1. The summed E-state index contributed by atoms with van der Waals surface area (Å²) in [5.74, 6) is -0.475. The second-order valence-corrected chi connectivity index (χ2v) is 5.59. The molecule has 2 aromatic rings. The summed E-state index contributed by atoms with van der Waals surface area (Å²) in [6.07, 6.45) is 0.925. The molecule has 0 radical (unpaired) electrons. The highest BCUT2D eigenvalue weighted by atomic mass is 35.5. The van der Waals surface area contributed by atoms with Gasteiger partial charge in [0.15, 0.2) is 0 Å². The van der Waals surface area contributed by atoms with Crippen molar-refractivity contribution in [1.29, 1.82) is 0 Å². The highest BCUT2D eigenvalue weighted by Crippen LogP contribution is 2.32. The Kier molecular flexibility index (Phi) is 3.47. The number of anilines is 2. The Morgan fingerprint density at radius 2 is 2.05 bits per heavy atom. The van der Waals surface area contributed by atoms with Crippen LogP contribution in [0, 0.1) is 0 Å². The number of primary amides is 1. The van der Waals surface area contributed by atoms with Gasteiger partial charge in [-0.1, -0.05) is 23.7 Å². The fraction of sp³-hybridized carbons (Fsp3) is 0.188. The number of fused-ring (bicyclic) bond motifs is 1. The van der Waals surface area contributed by atoms with Crippen molar-refractivity contribution >= 4 is 28.9 Å². The maximum absolute atomic E-state index is 11.2. The molecule has 1 aliphatic rings. The van der Waals surface area contributed by atoms with Crippen LogP contribution in [-0.4, -0.2) is 12.5 Å². The molecule has 108 valence electrons. The van der Waals surface area contributed by atoms with Crippen molar-refractivity contribution in [3.8, 4) is 0 Å². The third-order valence-electron chi connectivity index (χ3n) is 3.88. The standard InChI is InChI=1S/C16H16ClN3O/c17-13-8-11(16(19)21)4-5-15(13)20-7-6-10-2-1-3-14(18)12(10)9-20/h1-5,8H,6-7,9,18H2,(H2,19,21). The van der Waals surface area contributed by atoms with Gasteiger partial charge in [-0.15, -0.1) is 0 Å². The number of hydrogen-bond acceptors (Lipinski definition) is 3. The molecule has 0 fully saturated rings. The second-order valence-electron chi connectivity index (χ2n) is 5.19. The zero-order valence-electron chi connectivity index (χ0n) is 11.5. The normalized spacial score (nSPS) is 13.9. The predicted octanol–water partition coefficient (Wildman–Crippen LogP) is 2.58. The van der Waals surface area contributed by atoms with Crippen molar-refractivity contribution in [3.05, 3.63) is 58.1 Å². The van der Waals surface area contributed by atoms with Crippen molar-refractivity contribution in [3.63, 3.8) is 0 Å². The first-order valence-corrected chi connectivity index (χ1v) is 7.14. The lowest BCUT2D eigenvalue weighted by atomic mass is 9.97. The van der Waals surface area contributed by atoms with E-state index in [-0.39, 0.29) is 0 Å². The SMILES string of the molecule is NC(=O)c1ccc(N2CCc3cccc(N)c3C2)c(Cl)c1. The van der Waals surface area contributed by atoms with Gasteiger partial charge in [0.25, 0.3) is 0 Å². The summed E-state index contributed by atoms with van der Waals surface area (Å²) >= 11 is 6.29. The van der Waals surface area contributed by atoms with Gasteiger partial charge >= 0.3 is 0 Å². The molecule has 4 N–H and O–H groups in total. The van der Waals surface area contributed by atoms with Gasteiger partial charge in [-0.2, -0.15) is 0 Å². The number of benzene rings is 2. The van der Waals surface area contributed by atoms with Gasteiger partial charge in [0.1, 0.15) is 0 Å². The van der Waals surface area contributed by atoms with E-state index >= 15 is 0 Å². The van der Waals surface area contributed by atoms with Crippen molar-refractivity contribution in [2.75, 3.05) is 17.2 Å². The molecule has 0 saturated carbocycles. The molecule has 3 rings (SSSR count). The lowest BCUT2D eigenvalue weighted by molar-refractivity contribution is 0.100. The van der Waals surface area contributed by atoms with Gasteiger partial charge in [-0.05, 0) is 41.8 Å². The molecular weight excluding hydrogens is 286 g/mol. The van der Waals surface area contributed by atoms with Gasteiger partial charge in [-0.3, -0.25) is 4.79 Å². The van der Waals surface area contributed by atoms with E-state index in [2.05, 4.69) is 11.0 Å². The first kappa shape index (κ1) is 13.8. The molecule has 0 unspecified atom stereocenters. The maximum Gasteiger partial charge on any atom is 0.248 e. The Morgan fingerprint density at radius 1 is 1.24 bits per heavy atom. The zero-order valence-corrected chi connectivity index (χ0v) is 12.2. The van der Waals surface area contributed by atoms with Crippen molar-refractivity contribution in [2.24, 2.45) is 5.73 Å². The fourth-order valence-electron chi connectivity index (χ4n) is 2.73. The molecule has 21 heavy (non-hydrogen) atoms. The molecule has 0 atom stereocenters. The van der Waals surface area contributed by atoms with Crippen LogP contribution in [0.1, 0.15) is 21.5 Å². The average Bonchev–Trinajstić information content (AvgIpc) is 2.47. The first-order valence-electron chi connectivity index (χ1n) is 6.77. The van der Waals surface area contributed by atoms with Gasteiger partial charge in [0.2, 0.25) is 5.91 Å². The van der Waals surface area contributed by atoms with Crippen LogP contribution in [0.15, 0.2) is 36.4 Å². The van der Waals surface area contributed by atoms with Crippen LogP contribution in [-0.2, 0) is 13.0 Å². The van der Waals surface area contributed by atoms with Gasteiger partial charge < -0.3 is 16.4 Å². The second kappa shape index (κ2) is 5.30. The molecule has 2 aromatic carbocycles. The zero-order chi connectivity index (χ0) is 15.0. The van der Waals surface area contributed by atoms with E-state index < -0.39 is 5.91 Å².